The molecule has 0 aromatic carbocycles. The molecule has 3 nitrogen and oxygen atoms in total. The van der Waals surface area contributed by atoms with Gasteiger partial charge in [-0.05, 0) is 45.3 Å². The van der Waals surface area contributed by atoms with E-state index in [0.717, 1.165) is 19.4 Å². The molecule has 2 N–H and O–H groups in total. The van der Waals surface area contributed by atoms with E-state index < -0.39 is 0 Å². The van der Waals surface area contributed by atoms with E-state index in [-0.39, 0.29) is 5.91 Å². The first-order valence-corrected chi connectivity index (χ1v) is 7.81. The SMILES string of the molecule is C=C(CCCN(CCCCC)CCCCC)C(N)=O. The molecule has 0 radical (unpaired) electrons. The highest BCUT2D eigenvalue weighted by Crippen LogP contribution is 2.07. The van der Waals surface area contributed by atoms with Gasteiger partial charge in [0.05, 0.1) is 0 Å². The first-order chi connectivity index (χ1) is 9.11. The van der Waals surface area contributed by atoms with Crippen molar-refractivity contribution in [1.29, 1.82) is 0 Å². The van der Waals surface area contributed by atoms with Crippen molar-refractivity contribution >= 4 is 5.91 Å². The average molecular weight is 268 g/mol. The summed E-state index contributed by atoms with van der Waals surface area (Å²) in [5.41, 5.74) is 5.75. The highest BCUT2D eigenvalue weighted by atomic mass is 16.1. The molecule has 0 aromatic heterocycles. The molecule has 0 aliphatic heterocycles. The first kappa shape index (κ1) is 18.2. The Morgan fingerprint density at radius 1 is 0.947 bits per heavy atom. The molecule has 112 valence electrons. The lowest BCUT2D eigenvalue weighted by atomic mass is 10.1. The fourth-order valence-corrected chi connectivity index (χ4v) is 2.15. The van der Waals surface area contributed by atoms with Crippen LogP contribution in [0, 0.1) is 0 Å². The molecule has 0 saturated heterocycles. The van der Waals surface area contributed by atoms with Crippen LogP contribution in [0.4, 0.5) is 0 Å². The van der Waals surface area contributed by atoms with Crippen molar-refractivity contribution in [3.63, 3.8) is 0 Å². The highest BCUT2D eigenvalue weighted by molar-refractivity contribution is 5.91. The van der Waals surface area contributed by atoms with Gasteiger partial charge >= 0.3 is 0 Å². The van der Waals surface area contributed by atoms with E-state index in [0.29, 0.717) is 5.57 Å². The standard InChI is InChI=1S/C16H32N2O/c1-4-6-8-12-18(13-9-7-5-2)14-10-11-15(3)16(17)19/h3-14H2,1-2H3,(H2,17,19). The molecule has 0 atom stereocenters. The van der Waals surface area contributed by atoms with Gasteiger partial charge < -0.3 is 10.6 Å². The number of carbonyl (C=O) groups is 1. The van der Waals surface area contributed by atoms with Gasteiger partial charge in [0.25, 0.3) is 0 Å². The van der Waals surface area contributed by atoms with E-state index in [1.807, 2.05) is 0 Å². The topological polar surface area (TPSA) is 46.3 Å². The van der Waals surface area contributed by atoms with Crippen molar-refractivity contribution in [2.75, 3.05) is 19.6 Å². The normalized spacial score (nSPS) is 10.9. The molecule has 0 aliphatic rings. The lowest BCUT2D eigenvalue weighted by Crippen LogP contribution is -2.27. The predicted molar refractivity (Wildman–Crippen MR) is 83.1 cm³/mol. The van der Waals surface area contributed by atoms with Gasteiger partial charge in [-0.2, -0.15) is 0 Å². The number of primary amides is 1. The van der Waals surface area contributed by atoms with Crippen LogP contribution in [0.3, 0.4) is 0 Å². The van der Waals surface area contributed by atoms with Crippen LogP contribution >= 0.6 is 0 Å². The Morgan fingerprint density at radius 2 is 1.42 bits per heavy atom. The molecule has 0 rings (SSSR count). The molecular formula is C16H32N2O. The van der Waals surface area contributed by atoms with Crippen molar-refractivity contribution in [2.45, 2.75) is 65.2 Å². The van der Waals surface area contributed by atoms with Gasteiger partial charge in [0.15, 0.2) is 0 Å². The Labute approximate surface area is 119 Å². The second kappa shape index (κ2) is 12.2. The molecule has 0 unspecified atom stereocenters. The van der Waals surface area contributed by atoms with Crippen LogP contribution in [0.2, 0.25) is 0 Å². The summed E-state index contributed by atoms with van der Waals surface area (Å²) in [6, 6.07) is 0. The molecule has 0 heterocycles. The summed E-state index contributed by atoms with van der Waals surface area (Å²) < 4.78 is 0. The van der Waals surface area contributed by atoms with E-state index in [1.54, 1.807) is 0 Å². The minimum atomic E-state index is -0.358. The third kappa shape index (κ3) is 10.8. The van der Waals surface area contributed by atoms with Gasteiger partial charge in [0.1, 0.15) is 0 Å². The maximum Gasteiger partial charge on any atom is 0.244 e. The fraction of sp³-hybridized carbons (Fsp3) is 0.812. The minimum absolute atomic E-state index is 0.358. The average Bonchev–Trinajstić information content (AvgIpc) is 2.38. The number of nitrogens with two attached hydrogens (primary N) is 1. The maximum atomic E-state index is 10.9. The lowest BCUT2D eigenvalue weighted by Gasteiger charge is -2.22. The number of hydrogen-bond donors (Lipinski definition) is 1. The first-order valence-electron chi connectivity index (χ1n) is 7.81. The van der Waals surface area contributed by atoms with E-state index in [4.69, 9.17) is 5.73 Å². The van der Waals surface area contributed by atoms with Crippen LogP contribution in [0.5, 0.6) is 0 Å². The summed E-state index contributed by atoms with van der Waals surface area (Å²) in [5, 5.41) is 0. The molecule has 0 saturated carbocycles. The molecule has 1 amide bonds. The molecular weight excluding hydrogens is 236 g/mol. The highest BCUT2D eigenvalue weighted by Gasteiger charge is 2.06. The fourth-order valence-electron chi connectivity index (χ4n) is 2.15. The second-order valence-corrected chi connectivity index (χ2v) is 5.33. The van der Waals surface area contributed by atoms with Gasteiger partial charge in [-0.15, -0.1) is 0 Å². The van der Waals surface area contributed by atoms with Crippen molar-refractivity contribution in [2.24, 2.45) is 5.73 Å². The number of amides is 1. The monoisotopic (exact) mass is 268 g/mol. The lowest BCUT2D eigenvalue weighted by molar-refractivity contribution is -0.114. The molecule has 19 heavy (non-hydrogen) atoms. The Morgan fingerprint density at radius 3 is 1.84 bits per heavy atom. The number of rotatable bonds is 13. The number of carbonyl (C=O) groups excluding carboxylic acids is 1. The summed E-state index contributed by atoms with van der Waals surface area (Å²) in [6.07, 6.45) is 9.41. The number of unbranched alkanes of at least 4 members (excludes halogenated alkanes) is 4. The van der Waals surface area contributed by atoms with E-state index in [9.17, 15) is 4.79 Å². The zero-order valence-corrected chi connectivity index (χ0v) is 12.9. The zero-order chi connectivity index (χ0) is 14.5. The smallest absolute Gasteiger partial charge is 0.244 e. The third-order valence-electron chi connectivity index (χ3n) is 3.46. The molecule has 0 bridgehead atoms. The summed E-state index contributed by atoms with van der Waals surface area (Å²) >= 11 is 0. The van der Waals surface area contributed by atoms with Crippen LogP contribution in [-0.4, -0.2) is 30.4 Å². The Bertz CT molecular complexity index is 241. The van der Waals surface area contributed by atoms with Crippen molar-refractivity contribution in [3.05, 3.63) is 12.2 Å². The third-order valence-corrected chi connectivity index (χ3v) is 3.46. The summed E-state index contributed by atoms with van der Waals surface area (Å²) in [4.78, 5) is 13.4. The zero-order valence-electron chi connectivity index (χ0n) is 12.9. The van der Waals surface area contributed by atoms with Gasteiger partial charge in [0.2, 0.25) is 5.91 Å². The van der Waals surface area contributed by atoms with Crippen LogP contribution in [0.1, 0.15) is 65.2 Å². The van der Waals surface area contributed by atoms with Crippen LogP contribution < -0.4 is 5.73 Å². The quantitative estimate of drug-likeness (QED) is 0.410. The van der Waals surface area contributed by atoms with Gasteiger partial charge in [-0.1, -0.05) is 46.1 Å². The largest absolute Gasteiger partial charge is 0.366 e. The Kier molecular flexibility index (Phi) is 11.7. The van der Waals surface area contributed by atoms with Gasteiger partial charge in [-0.3, -0.25) is 4.79 Å². The molecule has 0 aromatic rings. The number of hydrogen-bond acceptors (Lipinski definition) is 2. The second-order valence-electron chi connectivity index (χ2n) is 5.33. The van der Waals surface area contributed by atoms with E-state index in [2.05, 4.69) is 25.3 Å². The van der Waals surface area contributed by atoms with E-state index in [1.165, 1.54) is 51.6 Å². The predicted octanol–water partition coefficient (Wildman–Crippen LogP) is 3.49. The van der Waals surface area contributed by atoms with E-state index >= 15 is 0 Å². The Balaban J connectivity index is 3.88. The number of nitrogens with zero attached hydrogens (tertiary/aromatic N) is 1. The van der Waals surface area contributed by atoms with Crippen molar-refractivity contribution < 1.29 is 4.79 Å². The van der Waals surface area contributed by atoms with Gasteiger partial charge in [-0.25, -0.2) is 0 Å². The minimum Gasteiger partial charge on any atom is -0.366 e. The summed E-state index contributed by atoms with van der Waals surface area (Å²) in [7, 11) is 0. The van der Waals surface area contributed by atoms with Crippen LogP contribution in [0.25, 0.3) is 0 Å². The van der Waals surface area contributed by atoms with Crippen LogP contribution in [-0.2, 0) is 4.79 Å². The van der Waals surface area contributed by atoms with Gasteiger partial charge in [0, 0.05) is 5.57 Å². The maximum absolute atomic E-state index is 10.9. The molecule has 0 aliphatic carbocycles. The molecule has 0 fully saturated rings. The molecule has 0 spiro atoms. The summed E-state index contributed by atoms with van der Waals surface area (Å²) in [5.74, 6) is -0.358. The molecule has 3 heteroatoms. The van der Waals surface area contributed by atoms with Crippen molar-refractivity contribution in [1.82, 2.24) is 4.90 Å². The summed E-state index contributed by atoms with van der Waals surface area (Å²) in [6.45, 7) is 11.6. The van der Waals surface area contributed by atoms with Crippen molar-refractivity contribution in [3.8, 4) is 0 Å². The Hall–Kier alpha value is -0.830. The van der Waals surface area contributed by atoms with Crippen LogP contribution in [0.15, 0.2) is 12.2 Å².